The summed E-state index contributed by atoms with van der Waals surface area (Å²) in [7, 11) is 0. The van der Waals surface area contributed by atoms with E-state index in [1.807, 2.05) is 0 Å². The van der Waals surface area contributed by atoms with Crippen molar-refractivity contribution in [1.82, 2.24) is 9.97 Å². The summed E-state index contributed by atoms with van der Waals surface area (Å²) in [6.07, 6.45) is 9.49. The monoisotopic (exact) mass is 247 g/mol. The van der Waals surface area contributed by atoms with Crippen LogP contribution in [0.1, 0.15) is 42.6 Å². The van der Waals surface area contributed by atoms with Crippen molar-refractivity contribution in [3.63, 3.8) is 0 Å². The maximum absolute atomic E-state index is 10.7. The SMILES string of the molecule is O=C(O)c1cnc(NCC2(C3CC3)CCC2)cn1. The largest absolute Gasteiger partial charge is 0.476 e. The Bertz CT molecular complexity index is 450. The number of anilines is 1. The van der Waals surface area contributed by atoms with Gasteiger partial charge in [0.25, 0.3) is 0 Å². The van der Waals surface area contributed by atoms with Crippen molar-refractivity contribution < 1.29 is 9.90 Å². The lowest BCUT2D eigenvalue weighted by Crippen LogP contribution is -2.38. The molecule has 2 aliphatic rings. The van der Waals surface area contributed by atoms with Crippen molar-refractivity contribution >= 4 is 11.8 Å². The Balaban J connectivity index is 1.61. The van der Waals surface area contributed by atoms with Crippen molar-refractivity contribution in [3.8, 4) is 0 Å². The summed E-state index contributed by atoms with van der Waals surface area (Å²) < 4.78 is 0. The van der Waals surface area contributed by atoms with E-state index < -0.39 is 5.97 Å². The van der Waals surface area contributed by atoms with Crippen molar-refractivity contribution in [2.24, 2.45) is 11.3 Å². The quantitative estimate of drug-likeness (QED) is 0.834. The van der Waals surface area contributed by atoms with Crippen molar-refractivity contribution in [2.45, 2.75) is 32.1 Å². The zero-order chi connectivity index (χ0) is 12.6. The van der Waals surface area contributed by atoms with E-state index in [9.17, 15) is 4.79 Å². The third kappa shape index (κ3) is 2.05. The number of rotatable bonds is 5. The highest BCUT2D eigenvalue weighted by Gasteiger charge is 2.48. The van der Waals surface area contributed by atoms with Gasteiger partial charge in [0.15, 0.2) is 5.69 Å². The Morgan fingerprint density at radius 2 is 2.17 bits per heavy atom. The third-order valence-electron chi connectivity index (χ3n) is 4.29. The lowest BCUT2D eigenvalue weighted by Gasteiger charge is -2.42. The molecule has 0 saturated heterocycles. The van der Waals surface area contributed by atoms with Gasteiger partial charge in [-0.3, -0.25) is 0 Å². The van der Waals surface area contributed by atoms with Crippen LogP contribution in [0.15, 0.2) is 12.4 Å². The summed E-state index contributed by atoms with van der Waals surface area (Å²) in [4.78, 5) is 18.6. The number of carbonyl (C=O) groups is 1. The van der Waals surface area contributed by atoms with Crippen molar-refractivity contribution in [3.05, 3.63) is 18.1 Å². The van der Waals surface area contributed by atoms with E-state index in [1.54, 1.807) is 0 Å². The summed E-state index contributed by atoms with van der Waals surface area (Å²) in [6.45, 7) is 0.943. The molecule has 0 unspecified atom stereocenters. The number of hydrogen-bond acceptors (Lipinski definition) is 4. The van der Waals surface area contributed by atoms with Crippen LogP contribution < -0.4 is 5.32 Å². The summed E-state index contributed by atoms with van der Waals surface area (Å²) in [5, 5.41) is 12.0. The fraction of sp³-hybridized carbons (Fsp3) is 0.615. The first kappa shape index (κ1) is 11.4. The normalized spacial score (nSPS) is 21.1. The number of nitrogens with one attached hydrogen (secondary N) is 1. The van der Waals surface area contributed by atoms with E-state index in [0.717, 1.165) is 12.5 Å². The van der Waals surface area contributed by atoms with Gasteiger partial charge in [-0.1, -0.05) is 6.42 Å². The predicted molar refractivity (Wildman–Crippen MR) is 66.5 cm³/mol. The Labute approximate surface area is 106 Å². The fourth-order valence-electron chi connectivity index (χ4n) is 2.85. The second-order valence-electron chi connectivity index (χ2n) is 5.44. The summed E-state index contributed by atoms with van der Waals surface area (Å²) >= 11 is 0. The van der Waals surface area contributed by atoms with Crippen LogP contribution in [0.4, 0.5) is 5.82 Å². The Kier molecular flexibility index (Phi) is 2.69. The van der Waals surface area contributed by atoms with Gasteiger partial charge in [-0.05, 0) is 37.0 Å². The van der Waals surface area contributed by atoms with Gasteiger partial charge in [0, 0.05) is 6.54 Å². The minimum absolute atomic E-state index is 0.0129. The van der Waals surface area contributed by atoms with Crippen molar-refractivity contribution in [1.29, 1.82) is 0 Å². The maximum atomic E-state index is 10.7. The molecular formula is C13H17N3O2. The Morgan fingerprint density at radius 3 is 2.61 bits per heavy atom. The van der Waals surface area contributed by atoms with Gasteiger partial charge in [0.1, 0.15) is 5.82 Å². The van der Waals surface area contributed by atoms with Crippen LogP contribution in [-0.2, 0) is 0 Å². The molecule has 1 heterocycles. The highest BCUT2D eigenvalue weighted by atomic mass is 16.4. The molecule has 0 aliphatic heterocycles. The zero-order valence-electron chi connectivity index (χ0n) is 10.2. The lowest BCUT2D eigenvalue weighted by molar-refractivity contribution is 0.0690. The molecule has 18 heavy (non-hydrogen) atoms. The zero-order valence-corrected chi connectivity index (χ0v) is 10.2. The molecule has 5 heteroatoms. The molecule has 3 rings (SSSR count). The predicted octanol–water partition coefficient (Wildman–Crippen LogP) is 2.17. The molecule has 0 amide bonds. The van der Waals surface area contributed by atoms with Crippen LogP contribution in [0.2, 0.25) is 0 Å². The molecule has 0 atom stereocenters. The molecule has 2 aliphatic carbocycles. The molecule has 1 aromatic rings. The minimum atomic E-state index is -1.04. The third-order valence-corrected chi connectivity index (χ3v) is 4.29. The van der Waals surface area contributed by atoms with E-state index >= 15 is 0 Å². The average molecular weight is 247 g/mol. The first-order valence-electron chi connectivity index (χ1n) is 6.49. The molecule has 0 spiro atoms. The first-order valence-corrected chi connectivity index (χ1v) is 6.49. The van der Waals surface area contributed by atoms with Gasteiger partial charge in [0.2, 0.25) is 0 Å². The van der Waals surface area contributed by atoms with Gasteiger partial charge in [-0.2, -0.15) is 0 Å². The number of carboxylic acid groups (broad SMARTS) is 1. The topological polar surface area (TPSA) is 75.1 Å². The van der Waals surface area contributed by atoms with Crippen LogP contribution in [-0.4, -0.2) is 27.6 Å². The lowest BCUT2D eigenvalue weighted by atomic mass is 9.65. The molecule has 0 bridgehead atoms. The summed E-state index contributed by atoms with van der Waals surface area (Å²) in [5.74, 6) is 0.527. The molecule has 0 radical (unpaired) electrons. The van der Waals surface area contributed by atoms with Crippen LogP contribution >= 0.6 is 0 Å². The Hall–Kier alpha value is -1.65. The molecule has 5 nitrogen and oxygen atoms in total. The maximum Gasteiger partial charge on any atom is 0.356 e. The summed E-state index contributed by atoms with van der Waals surface area (Å²) in [6, 6.07) is 0. The minimum Gasteiger partial charge on any atom is -0.476 e. The van der Waals surface area contributed by atoms with Gasteiger partial charge in [-0.15, -0.1) is 0 Å². The molecular weight excluding hydrogens is 230 g/mol. The number of carboxylic acids is 1. The molecule has 2 N–H and O–H groups in total. The molecule has 96 valence electrons. The fourth-order valence-corrected chi connectivity index (χ4v) is 2.85. The highest BCUT2D eigenvalue weighted by Crippen LogP contribution is 2.56. The molecule has 0 aromatic carbocycles. The molecule has 1 aromatic heterocycles. The molecule has 2 saturated carbocycles. The highest BCUT2D eigenvalue weighted by molar-refractivity contribution is 5.84. The van der Waals surface area contributed by atoms with Crippen LogP contribution in [0.25, 0.3) is 0 Å². The van der Waals surface area contributed by atoms with E-state index in [-0.39, 0.29) is 5.69 Å². The second-order valence-corrected chi connectivity index (χ2v) is 5.44. The van der Waals surface area contributed by atoms with E-state index in [4.69, 9.17) is 5.11 Å². The number of aromatic nitrogens is 2. The van der Waals surface area contributed by atoms with Crippen LogP contribution in [0.5, 0.6) is 0 Å². The first-order chi connectivity index (χ1) is 8.70. The number of aromatic carboxylic acids is 1. The van der Waals surface area contributed by atoms with Gasteiger partial charge >= 0.3 is 5.97 Å². The van der Waals surface area contributed by atoms with Crippen LogP contribution in [0.3, 0.4) is 0 Å². The molecule has 2 fully saturated rings. The van der Waals surface area contributed by atoms with Crippen molar-refractivity contribution in [2.75, 3.05) is 11.9 Å². The van der Waals surface area contributed by atoms with E-state index in [0.29, 0.717) is 11.2 Å². The van der Waals surface area contributed by atoms with Gasteiger partial charge in [-0.25, -0.2) is 14.8 Å². The smallest absolute Gasteiger partial charge is 0.356 e. The number of nitrogens with zero attached hydrogens (tertiary/aromatic N) is 2. The van der Waals surface area contributed by atoms with Gasteiger partial charge < -0.3 is 10.4 Å². The average Bonchev–Trinajstić information content (AvgIpc) is 3.13. The van der Waals surface area contributed by atoms with E-state index in [1.165, 1.54) is 44.5 Å². The van der Waals surface area contributed by atoms with E-state index in [2.05, 4.69) is 15.3 Å². The second kappa shape index (κ2) is 4.23. The standard InChI is InChI=1S/C13H17N3O2/c17-12(18)10-6-15-11(7-14-10)16-8-13(4-1-5-13)9-2-3-9/h6-7,9H,1-5,8H2,(H,15,16)(H,17,18). The Morgan fingerprint density at radius 1 is 1.39 bits per heavy atom. The number of hydrogen-bond donors (Lipinski definition) is 2. The summed E-state index contributed by atoms with van der Waals surface area (Å²) in [5.41, 5.74) is 0.466. The van der Waals surface area contributed by atoms with Crippen LogP contribution in [0, 0.1) is 11.3 Å². The van der Waals surface area contributed by atoms with Gasteiger partial charge in [0.05, 0.1) is 12.4 Å².